The van der Waals surface area contributed by atoms with Gasteiger partial charge in [0.05, 0.1) is 6.54 Å². The number of carbonyl (C=O) groups is 2. The SMILES string of the molecule is C=CCNC(=O)CN1CCN(C(=O)[C@@H]2CCC[C@@H]2CN)CC1.Cl.Cl. The Balaban J connectivity index is 0.00000264. The Hall–Kier alpha value is -0.820. The summed E-state index contributed by atoms with van der Waals surface area (Å²) >= 11 is 0. The van der Waals surface area contributed by atoms with E-state index in [9.17, 15) is 9.59 Å². The molecule has 140 valence electrons. The molecular formula is C16H30Cl2N4O2. The van der Waals surface area contributed by atoms with Crippen molar-refractivity contribution in [1.82, 2.24) is 15.1 Å². The second kappa shape index (κ2) is 11.7. The van der Waals surface area contributed by atoms with E-state index in [1.807, 2.05) is 4.90 Å². The van der Waals surface area contributed by atoms with Crippen LogP contribution in [0.5, 0.6) is 0 Å². The molecule has 2 atom stereocenters. The fraction of sp³-hybridized carbons (Fsp3) is 0.750. The number of nitrogens with zero attached hydrogens (tertiary/aromatic N) is 2. The summed E-state index contributed by atoms with van der Waals surface area (Å²) in [6.07, 6.45) is 4.84. The third kappa shape index (κ3) is 6.24. The van der Waals surface area contributed by atoms with E-state index in [4.69, 9.17) is 5.73 Å². The summed E-state index contributed by atoms with van der Waals surface area (Å²) < 4.78 is 0. The normalized spacial score (nSPS) is 23.8. The molecule has 0 spiro atoms. The first-order valence-electron chi connectivity index (χ1n) is 8.24. The van der Waals surface area contributed by atoms with E-state index in [0.717, 1.165) is 32.4 Å². The zero-order chi connectivity index (χ0) is 15.9. The molecule has 6 nitrogen and oxygen atoms in total. The van der Waals surface area contributed by atoms with Crippen molar-refractivity contribution in [3.63, 3.8) is 0 Å². The topological polar surface area (TPSA) is 78.7 Å². The highest BCUT2D eigenvalue weighted by molar-refractivity contribution is 5.85. The maximum absolute atomic E-state index is 12.6. The summed E-state index contributed by atoms with van der Waals surface area (Å²) in [4.78, 5) is 28.3. The lowest BCUT2D eigenvalue weighted by Crippen LogP contribution is -2.52. The van der Waals surface area contributed by atoms with E-state index in [1.165, 1.54) is 0 Å². The Bertz CT molecular complexity index is 415. The van der Waals surface area contributed by atoms with Crippen LogP contribution in [-0.4, -0.2) is 67.4 Å². The molecule has 1 heterocycles. The molecule has 0 unspecified atom stereocenters. The molecule has 24 heavy (non-hydrogen) atoms. The standard InChI is InChI=1S/C16H28N4O2.2ClH/c1-2-6-18-15(21)12-19-7-9-20(10-8-19)16(22)14-5-3-4-13(14)11-17;;/h2,13-14H,1,3-12,17H2,(H,18,21);2*1H/t13-,14-;;/m1../s1. The van der Waals surface area contributed by atoms with Crippen LogP contribution in [0.4, 0.5) is 0 Å². The molecule has 2 rings (SSSR count). The fourth-order valence-electron chi connectivity index (χ4n) is 3.45. The molecule has 1 aliphatic heterocycles. The summed E-state index contributed by atoms with van der Waals surface area (Å²) in [5.74, 6) is 0.755. The van der Waals surface area contributed by atoms with Crippen molar-refractivity contribution in [2.75, 3.05) is 45.8 Å². The van der Waals surface area contributed by atoms with Crippen LogP contribution in [0.25, 0.3) is 0 Å². The molecule has 2 fully saturated rings. The lowest BCUT2D eigenvalue weighted by Gasteiger charge is -2.36. The van der Waals surface area contributed by atoms with Crippen LogP contribution in [0.3, 0.4) is 0 Å². The van der Waals surface area contributed by atoms with E-state index in [2.05, 4.69) is 16.8 Å². The maximum atomic E-state index is 12.6. The highest BCUT2D eigenvalue weighted by Crippen LogP contribution is 2.32. The largest absolute Gasteiger partial charge is 0.352 e. The van der Waals surface area contributed by atoms with Crippen molar-refractivity contribution < 1.29 is 9.59 Å². The summed E-state index contributed by atoms with van der Waals surface area (Å²) in [5.41, 5.74) is 5.78. The Kier molecular flexibility index (Phi) is 11.3. The van der Waals surface area contributed by atoms with E-state index in [0.29, 0.717) is 38.6 Å². The molecule has 0 aromatic rings. The zero-order valence-electron chi connectivity index (χ0n) is 14.1. The summed E-state index contributed by atoms with van der Waals surface area (Å²) in [6.45, 7) is 8.02. The van der Waals surface area contributed by atoms with Crippen molar-refractivity contribution in [3.8, 4) is 0 Å². The Morgan fingerprint density at radius 3 is 2.42 bits per heavy atom. The number of carbonyl (C=O) groups excluding carboxylic acids is 2. The third-order valence-corrected chi connectivity index (χ3v) is 4.77. The van der Waals surface area contributed by atoms with Crippen LogP contribution in [0, 0.1) is 11.8 Å². The van der Waals surface area contributed by atoms with Crippen LogP contribution >= 0.6 is 24.8 Å². The molecule has 8 heteroatoms. The van der Waals surface area contributed by atoms with Gasteiger partial charge in [-0.1, -0.05) is 12.5 Å². The van der Waals surface area contributed by atoms with Gasteiger partial charge in [-0.3, -0.25) is 14.5 Å². The average Bonchev–Trinajstić information content (AvgIpc) is 3.01. The van der Waals surface area contributed by atoms with Crippen LogP contribution in [-0.2, 0) is 9.59 Å². The number of hydrogen-bond donors (Lipinski definition) is 2. The van der Waals surface area contributed by atoms with E-state index < -0.39 is 0 Å². The minimum Gasteiger partial charge on any atom is -0.352 e. The van der Waals surface area contributed by atoms with Gasteiger partial charge in [0.25, 0.3) is 0 Å². The van der Waals surface area contributed by atoms with Crippen LogP contribution in [0.2, 0.25) is 0 Å². The average molecular weight is 381 g/mol. The number of hydrogen-bond acceptors (Lipinski definition) is 4. The molecule has 2 amide bonds. The van der Waals surface area contributed by atoms with Gasteiger partial charge in [-0.2, -0.15) is 0 Å². The number of rotatable bonds is 6. The van der Waals surface area contributed by atoms with Crippen LogP contribution < -0.4 is 11.1 Å². The smallest absolute Gasteiger partial charge is 0.234 e. The number of halogens is 2. The van der Waals surface area contributed by atoms with Crippen molar-refractivity contribution in [3.05, 3.63) is 12.7 Å². The highest BCUT2D eigenvalue weighted by Gasteiger charge is 2.35. The first-order valence-corrected chi connectivity index (χ1v) is 8.24. The first kappa shape index (κ1) is 23.2. The maximum Gasteiger partial charge on any atom is 0.234 e. The second-order valence-electron chi connectivity index (χ2n) is 6.23. The minimum atomic E-state index is 0. The van der Waals surface area contributed by atoms with Crippen LogP contribution in [0.15, 0.2) is 12.7 Å². The molecule has 0 aromatic heterocycles. The van der Waals surface area contributed by atoms with Gasteiger partial charge < -0.3 is 16.0 Å². The molecule has 1 aliphatic carbocycles. The van der Waals surface area contributed by atoms with E-state index in [-0.39, 0.29) is 42.5 Å². The van der Waals surface area contributed by atoms with Crippen molar-refractivity contribution >= 4 is 36.6 Å². The van der Waals surface area contributed by atoms with Crippen molar-refractivity contribution in [1.29, 1.82) is 0 Å². The Morgan fingerprint density at radius 1 is 1.17 bits per heavy atom. The number of nitrogens with two attached hydrogens (primary N) is 1. The summed E-state index contributed by atoms with van der Waals surface area (Å²) in [5, 5.41) is 2.78. The molecular weight excluding hydrogens is 351 g/mol. The van der Waals surface area contributed by atoms with E-state index >= 15 is 0 Å². The quantitative estimate of drug-likeness (QED) is 0.663. The van der Waals surface area contributed by atoms with Gasteiger partial charge in [-0.05, 0) is 25.3 Å². The molecule has 0 aromatic carbocycles. The molecule has 3 N–H and O–H groups in total. The third-order valence-electron chi connectivity index (χ3n) is 4.77. The number of amides is 2. The number of piperazine rings is 1. The summed E-state index contributed by atoms with van der Waals surface area (Å²) in [6, 6.07) is 0. The van der Waals surface area contributed by atoms with Gasteiger partial charge in [0.15, 0.2) is 0 Å². The van der Waals surface area contributed by atoms with Gasteiger partial charge in [-0.25, -0.2) is 0 Å². The molecule has 0 radical (unpaired) electrons. The van der Waals surface area contributed by atoms with Gasteiger partial charge in [0.2, 0.25) is 11.8 Å². The lowest BCUT2D eigenvalue weighted by atomic mass is 9.94. The lowest BCUT2D eigenvalue weighted by molar-refractivity contribution is -0.138. The van der Waals surface area contributed by atoms with Crippen LogP contribution in [0.1, 0.15) is 19.3 Å². The fourth-order valence-corrected chi connectivity index (χ4v) is 3.45. The molecule has 1 saturated carbocycles. The monoisotopic (exact) mass is 380 g/mol. The predicted octanol–water partition coefficient (Wildman–Crippen LogP) is 0.651. The van der Waals surface area contributed by atoms with Crippen molar-refractivity contribution in [2.24, 2.45) is 17.6 Å². The zero-order valence-corrected chi connectivity index (χ0v) is 15.7. The molecule has 2 aliphatic rings. The van der Waals surface area contributed by atoms with E-state index in [1.54, 1.807) is 6.08 Å². The predicted molar refractivity (Wildman–Crippen MR) is 101 cm³/mol. The first-order chi connectivity index (χ1) is 10.7. The van der Waals surface area contributed by atoms with Gasteiger partial charge in [-0.15, -0.1) is 31.4 Å². The Labute approximate surface area is 157 Å². The Morgan fingerprint density at radius 2 is 1.83 bits per heavy atom. The highest BCUT2D eigenvalue weighted by atomic mass is 35.5. The van der Waals surface area contributed by atoms with Crippen molar-refractivity contribution in [2.45, 2.75) is 19.3 Å². The number of nitrogens with one attached hydrogen (secondary N) is 1. The van der Waals surface area contributed by atoms with Gasteiger partial charge in [0.1, 0.15) is 0 Å². The minimum absolute atomic E-state index is 0. The summed E-state index contributed by atoms with van der Waals surface area (Å²) in [7, 11) is 0. The second-order valence-corrected chi connectivity index (χ2v) is 6.23. The van der Waals surface area contributed by atoms with Gasteiger partial charge >= 0.3 is 0 Å². The molecule has 1 saturated heterocycles. The molecule has 0 bridgehead atoms. The van der Waals surface area contributed by atoms with Gasteiger partial charge in [0, 0.05) is 38.6 Å².